The van der Waals surface area contributed by atoms with E-state index in [1.54, 1.807) is 0 Å². The summed E-state index contributed by atoms with van der Waals surface area (Å²) in [4.78, 5) is 3.50. The summed E-state index contributed by atoms with van der Waals surface area (Å²) < 4.78 is 0. The average Bonchev–Trinajstić information content (AvgIpc) is 2.87. The van der Waals surface area contributed by atoms with Crippen molar-refractivity contribution in [1.29, 1.82) is 0 Å². The third-order valence-electron chi connectivity index (χ3n) is 4.24. The lowest BCUT2D eigenvalue weighted by molar-refractivity contribution is 0.383. The maximum Gasteiger partial charge on any atom is 0.0456 e. The minimum atomic E-state index is -0.00608. The summed E-state index contributed by atoms with van der Waals surface area (Å²) in [5, 5.41) is 1.27. The van der Waals surface area contributed by atoms with Gasteiger partial charge in [0.1, 0.15) is 0 Å². The molecule has 0 aliphatic heterocycles. The molecule has 84 valence electrons. The van der Waals surface area contributed by atoms with Crippen LogP contribution >= 0.6 is 0 Å². The van der Waals surface area contributed by atoms with E-state index >= 15 is 0 Å². The molecule has 1 aromatic heterocycles. The van der Waals surface area contributed by atoms with Crippen LogP contribution in [0.1, 0.15) is 32.4 Å². The van der Waals surface area contributed by atoms with Crippen LogP contribution in [0.15, 0.2) is 30.3 Å². The Bertz CT molecular complexity index is 499. The van der Waals surface area contributed by atoms with Crippen molar-refractivity contribution in [3.63, 3.8) is 0 Å². The SMILES string of the molecule is CC(C)(c1cc2ccccc2[nH]1)C1(N)CC1. The first-order valence-electron chi connectivity index (χ1n) is 5.90. The molecule has 0 unspecified atom stereocenters. The van der Waals surface area contributed by atoms with Gasteiger partial charge in [-0.05, 0) is 30.4 Å². The zero-order chi connectivity index (χ0) is 11.4. The quantitative estimate of drug-likeness (QED) is 0.793. The topological polar surface area (TPSA) is 41.8 Å². The Hall–Kier alpha value is -1.28. The third-order valence-corrected chi connectivity index (χ3v) is 4.24. The summed E-state index contributed by atoms with van der Waals surface area (Å²) in [5.41, 5.74) is 8.85. The number of fused-ring (bicyclic) bond motifs is 1. The minimum absolute atomic E-state index is 0.00608. The second-order valence-electron chi connectivity index (χ2n) is 5.55. The minimum Gasteiger partial charge on any atom is -0.358 e. The first-order valence-corrected chi connectivity index (χ1v) is 5.90. The number of para-hydroxylation sites is 1. The molecule has 2 nitrogen and oxygen atoms in total. The molecule has 1 aromatic carbocycles. The molecule has 0 atom stereocenters. The predicted molar refractivity (Wildman–Crippen MR) is 67.5 cm³/mol. The van der Waals surface area contributed by atoms with Crippen LogP contribution in [0.2, 0.25) is 0 Å². The lowest BCUT2D eigenvalue weighted by Crippen LogP contribution is -2.43. The number of nitrogens with one attached hydrogen (secondary N) is 1. The molecule has 1 aliphatic carbocycles. The summed E-state index contributed by atoms with van der Waals surface area (Å²) >= 11 is 0. The standard InChI is InChI=1S/C14H18N2/c1-13(2,14(15)7-8-14)12-9-10-5-3-4-6-11(10)16-12/h3-6,9,16H,7-8,15H2,1-2H3. The molecule has 2 heteroatoms. The number of hydrogen-bond acceptors (Lipinski definition) is 1. The normalized spacial score (nSPS) is 18.9. The Kier molecular flexibility index (Phi) is 1.79. The van der Waals surface area contributed by atoms with Gasteiger partial charge in [-0.25, -0.2) is 0 Å². The molecule has 3 rings (SSSR count). The largest absolute Gasteiger partial charge is 0.358 e. The van der Waals surface area contributed by atoms with E-state index in [4.69, 9.17) is 5.73 Å². The number of nitrogens with two attached hydrogens (primary N) is 1. The van der Waals surface area contributed by atoms with E-state index < -0.39 is 0 Å². The second kappa shape index (κ2) is 2.89. The van der Waals surface area contributed by atoms with Gasteiger partial charge in [-0.2, -0.15) is 0 Å². The van der Waals surface area contributed by atoms with E-state index in [9.17, 15) is 0 Å². The molecular weight excluding hydrogens is 196 g/mol. The summed E-state index contributed by atoms with van der Waals surface area (Å²) in [5.74, 6) is 0. The van der Waals surface area contributed by atoms with Crippen molar-refractivity contribution in [3.05, 3.63) is 36.0 Å². The van der Waals surface area contributed by atoms with Crippen LogP contribution < -0.4 is 5.73 Å². The highest BCUT2D eigenvalue weighted by molar-refractivity contribution is 5.80. The molecule has 0 saturated heterocycles. The molecule has 0 radical (unpaired) electrons. The smallest absolute Gasteiger partial charge is 0.0456 e. The molecule has 3 N–H and O–H groups in total. The number of aromatic amines is 1. The lowest BCUT2D eigenvalue weighted by Gasteiger charge is -2.31. The van der Waals surface area contributed by atoms with Gasteiger partial charge >= 0.3 is 0 Å². The summed E-state index contributed by atoms with van der Waals surface area (Å²) in [6.07, 6.45) is 2.27. The van der Waals surface area contributed by atoms with Crippen molar-refractivity contribution < 1.29 is 0 Å². The Morgan fingerprint density at radius 2 is 1.94 bits per heavy atom. The number of aromatic nitrogens is 1. The average molecular weight is 214 g/mol. The van der Waals surface area contributed by atoms with Crippen molar-refractivity contribution in [3.8, 4) is 0 Å². The first-order chi connectivity index (χ1) is 7.53. The van der Waals surface area contributed by atoms with Crippen LogP contribution in [0.4, 0.5) is 0 Å². The van der Waals surface area contributed by atoms with Gasteiger partial charge in [0, 0.05) is 22.2 Å². The van der Waals surface area contributed by atoms with Gasteiger partial charge in [0.2, 0.25) is 0 Å². The monoisotopic (exact) mass is 214 g/mol. The van der Waals surface area contributed by atoms with Crippen LogP contribution in [0.25, 0.3) is 10.9 Å². The maximum absolute atomic E-state index is 6.36. The molecule has 1 aliphatic rings. The van der Waals surface area contributed by atoms with Crippen molar-refractivity contribution in [2.45, 2.75) is 37.6 Å². The maximum atomic E-state index is 6.36. The summed E-state index contributed by atoms with van der Waals surface area (Å²) in [7, 11) is 0. The fourth-order valence-electron chi connectivity index (χ4n) is 2.44. The highest BCUT2D eigenvalue weighted by Crippen LogP contribution is 2.49. The second-order valence-corrected chi connectivity index (χ2v) is 5.55. The molecule has 1 heterocycles. The van der Waals surface area contributed by atoms with E-state index in [0.29, 0.717) is 0 Å². The number of benzene rings is 1. The summed E-state index contributed by atoms with van der Waals surface area (Å²) in [6, 6.07) is 10.6. The van der Waals surface area contributed by atoms with E-state index in [-0.39, 0.29) is 11.0 Å². The number of hydrogen-bond donors (Lipinski definition) is 2. The zero-order valence-electron chi connectivity index (χ0n) is 9.88. The van der Waals surface area contributed by atoms with E-state index in [2.05, 4.69) is 49.2 Å². The van der Waals surface area contributed by atoms with Crippen LogP contribution in [-0.2, 0) is 5.41 Å². The van der Waals surface area contributed by atoms with Gasteiger partial charge in [-0.15, -0.1) is 0 Å². The number of H-pyrrole nitrogens is 1. The summed E-state index contributed by atoms with van der Waals surface area (Å²) in [6.45, 7) is 4.48. The molecule has 1 fully saturated rings. The van der Waals surface area contributed by atoms with Gasteiger partial charge in [0.15, 0.2) is 0 Å². The molecule has 16 heavy (non-hydrogen) atoms. The molecule has 0 bridgehead atoms. The fourth-order valence-corrected chi connectivity index (χ4v) is 2.44. The van der Waals surface area contributed by atoms with Gasteiger partial charge < -0.3 is 10.7 Å². The van der Waals surface area contributed by atoms with Crippen LogP contribution in [0, 0.1) is 0 Å². The van der Waals surface area contributed by atoms with Gasteiger partial charge in [-0.1, -0.05) is 32.0 Å². The molecule has 1 saturated carbocycles. The van der Waals surface area contributed by atoms with Crippen LogP contribution in [-0.4, -0.2) is 10.5 Å². The molecule has 0 amide bonds. The van der Waals surface area contributed by atoms with Crippen molar-refractivity contribution in [2.24, 2.45) is 5.73 Å². The van der Waals surface area contributed by atoms with Crippen LogP contribution in [0.5, 0.6) is 0 Å². The Labute approximate surface area is 95.8 Å². The first kappa shape index (κ1) is 9.91. The van der Waals surface area contributed by atoms with E-state index in [1.807, 2.05) is 0 Å². The highest BCUT2D eigenvalue weighted by Gasteiger charge is 2.52. The predicted octanol–water partition coefficient (Wildman–Crippen LogP) is 2.94. The Morgan fingerprint density at radius 3 is 2.56 bits per heavy atom. The Balaban J connectivity index is 2.12. The van der Waals surface area contributed by atoms with E-state index in [0.717, 1.165) is 12.8 Å². The van der Waals surface area contributed by atoms with Crippen molar-refractivity contribution in [2.75, 3.05) is 0 Å². The zero-order valence-corrected chi connectivity index (χ0v) is 9.88. The number of rotatable bonds is 2. The molecular formula is C14H18N2. The lowest BCUT2D eigenvalue weighted by atomic mass is 9.79. The van der Waals surface area contributed by atoms with Crippen molar-refractivity contribution >= 4 is 10.9 Å². The van der Waals surface area contributed by atoms with Gasteiger partial charge in [-0.3, -0.25) is 0 Å². The molecule has 2 aromatic rings. The van der Waals surface area contributed by atoms with Crippen LogP contribution in [0.3, 0.4) is 0 Å². The van der Waals surface area contributed by atoms with E-state index in [1.165, 1.54) is 16.6 Å². The van der Waals surface area contributed by atoms with Crippen molar-refractivity contribution in [1.82, 2.24) is 4.98 Å². The Morgan fingerprint density at radius 1 is 1.25 bits per heavy atom. The third kappa shape index (κ3) is 1.23. The van der Waals surface area contributed by atoms with Gasteiger partial charge in [0.05, 0.1) is 0 Å². The molecule has 0 spiro atoms. The highest BCUT2D eigenvalue weighted by atomic mass is 14.9. The van der Waals surface area contributed by atoms with Gasteiger partial charge in [0.25, 0.3) is 0 Å². The fraction of sp³-hybridized carbons (Fsp3) is 0.429.